The predicted octanol–water partition coefficient (Wildman–Crippen LogP) is 3.65. The number of amides is 2. The van der Waals surface area contributed by atoms with Gasteiger partial charge in [-0.05, 0) is 38.1 Å². The third-order valence-electron chi connectivity index (χ3n) is 5.75. The normalized spacial score (nSPS) is 13.4. The molecule has 180 valence electrons. The molecule has 4 N–H and O–H groups in total. The van der Waals surface area contributed by atoms with Gasteiger partial charge in [-0.15, -0.1) is 0 Å². The van der Waals surface area contributed by atoms with E-state index < -0.39 is 0 Å². The summed E-state index contributed by atoms with van der Waals surface area (Å²) < 4.78 is 1.51. The van der Waals surface area contributed by atoms with Crippen molar-refractivity contribution >= 4 is 40.4 Å². The summed E-state index contributed by atoms with van der Waals surface area (Å²) in [5.74, 6) is -0.231. The minimum atomic E-state index is -0.319. The smallest absolute Gasteiger partial charge is 0.273 e. The number of carbonyl (C=O) groups excluding carboxylic acids is 3. The zero-order valence-corrected chi connectivity index (χ0v) is 19.8. The number of nitrogens with zero attached hydrogens (tertiary/aromatic N) is 3. The van der Waals surface area contributed by atoms with Gasteiger partial charge in [0.2, 0.25) is 0 Å². The molecule has 0 unspecified atom stereocenters. The molecule has 10 heteroatoms. The van der Waals surface area contributed by atoms with Crippen LogP contribution in [0.4, 0.5) is 17.2 Å². The summed E-state index contributed by atoms with van der Waals surface area (Å²) in [6.45, 7) is 3.69. The summed E-state index contributed by atoms with van der Waals surface area (Å²) in [4.78, 5) is 38.3. The van der Waals surface area contributed by atoms with Gasteiger partial charge in [0.1, 0.15) is 5.69 Å². The Labute approximate surface area is 206 Å². The molecule has 4 aromatic rings. The molecule has 36 heavy (non-hydrogen) atoms. The second kappa shape index (κ2) is 8.99. The Morgan fingerprint density at radius 3 is 2.56 bits per heavy atom. The zero-order chi connectivity index (χ0) is 25.4. The number of fused-ring (bicyclic) bond motifs is 1. The summed E-state index contributed by atoms with van der Waals surface area (Å²) in [6, 6.07) is 15.3. The molecule has 1 aliphatic rings. The van der Waals surface area contributed by atoms with Gasteiger partial charge in [-0.2, -0.15) is 10.2 Å². The van der Waals surface area contributed by atoms with Crippen LogP contribution in [0.2, 0.25) is 0 Å². The summed E-state index contributed by atoms with van der Waals surface area (Å²) in [6.07, 6.45) is 1.59. The van der Waals surface area contributed by atoms with Gasteiger partial charge in [-0.3, -0.25) is 24.2 Å². The molecule has 3 heterocycles. The Bertz CT molecular complexity index is 1560. The van der Waals surface area contributed by atoms with E-state index in [1.165, 1.54) is 4.68 Å². The molecule has 0 saturated carbocycles. The van der Waals surface area contributed by atoms with Gasteiger partial charge >= 0.3 is 0 Å². The molecule has 10 nitrogen and oxygen atoms in total. The largest absolute Gasteiger partial charge is 0.344 e. The van der Waals surface area contributed by atoms with Gasteiger partial charge in [-0.25, -0.2) is 0 Å². The Morgan fingerprint density at radius 2 is 1.83 bits per heavy atom. The molecule has 0 radical (unpaired) electrons. The molecule has 2 aromatic heterocycles. The average Bonchev–Trinajstić information content (AvgIpc) is 3.52. The Kier molecular flexibility index (Phi) is 5.69. The number of nitrogens with one attached hydrogen (secondary N) is 4. The maximum absolute atomic E-state index is 13.2. The lowest BCUT2D eigenvalue weighted by Crippen LogP contribution is -2.16. The lowest BCUT2D eigenvalue weighted by molar-refractivity contribution is -0.110. The van der Waals surface area contributed by atoms with E-state index in [0.29, 0.717) is 45.2 Å². The summed E-state index contributed by atoms with van der Waals surface area (Å²) in [5.41, 5.74) is 5.04. The molecule has 0 aliphatic carbocycles. The highest BCUT2D eigenvalue weighted by Crippen LogP contribution is 2.33. The van der Waals surface area contributed by atoms with E-state index in [-0.39, 0.29) is 17.6 Å². The number of aromatic nitrogens is 4. The van der Waals surface area contributed by atoms with Gasteiger partial charge in [0.25, 0.3) is 11.8 Å². The summed E-state index contributed by atoms with van der Waals surface area (Å²) in [5, 5.41) is 19.7. The van der Waals surface area contributed by atoms with Crippen LogP contribution in [0.15, 0.2) is 60.8 Å². The molecule has 0 saturated heterocycles. The highest BCUT2D eigenvalue weighted by Gasteiger charge is 2.25. The zero-order valence-electron chi connectivity index (χ0n) is 19.8. The van der Waals surface area contributed by atoms with Crippen LogP contribution in [-0.4, -0.2) is 37.6 Å². The lowest BCUT2D eigenvalue weighted by Gasteiger charge is -2.08. The second-order valence-electron chi connectivity index (χ2n) is 8.51. The van der Waals surface area contributed by atoms with Crippen molar-refractivity contribution in [2.24, 2.45) is 7.05 Å². The minimum absolute atomic E-state index is 0.234. The number of hydrogen-bond acceptors (Lipinski definition) is 6. The van der Waals surface area contributed by atoms with Crippen LogP contribution in [0.3, 0.4) is 0 Å². The van der Waals surface area contributed by atoms with E-state index in [0.717, 1.165) is 11.4 Å². The van der Waals surface area contributed by atoms with Gasteiger partial charge in [-0.1, -0.05) is 24.3 Å². The number of rotatable bonds is 6. The van der Waals surface area contributed by atoms with Crippen molar-refractivity contribution in [1.82, 2.24) is 20.0 Å². The van der Waals surface area contributed by atoms with Gasteiger partial charge in [0, 0.05) is 53.1 Å². The van der Waals surface area contributed by atoms with E-state index in [1.54, 1.807) is 61.8 Å². The molecule has 5 rings (SSSR count). The van der Waals surface area contributed by atoms with Gasteiger partial charge in [0.05, 0.1) is 11.3 Å². The maximum atomic E-state index is 13.2. The fourth-order valence-electron chi connectivity index (χ4n) is 4.04. The number of aryl methyl sites for hydroxylation is 3. The standard InChI is InChI=1S/C26H23N7O3/c1-14-10-23(31-30-14)27-13-20-19-8-7-17(12-21(19)29-25(20)35)24(34)16-5-4-6-18(11-16)28-26(36)22-9-15(2)32-33(22)3/h4-13H,1-3H3,(H,28,36)(H,29,35)(H2,27,30,31). The molecule has 0 atom stereocenters. The van der Waals surface area contributed by atoms with Crippen LogP contribution in [-0.2, 0) is 11.8 Å². The van der Waals surface area contributed by atoms with Crippen molar-refractivity contribution < 1.29 is 14.4 Å². The first-order valence-corrected chi connectivity index (χ1v) is 11.2. The minimum Gasteiger partial charge on any atom is -0.344 e. The number of carbonyl (C=O) groups is 3. The van der Waals surface area contributed by atoms with Gasteiger partial charge in [0.15, 0.2) is 11.6 Å². The third-order valence-corrected chi connectivity index (χ3v) is 5.75. The van der Waals surface area contributed by atoms with E-state index in [1.807, 2.05) is 19.9 Å². The van der Waals surface area contributed by atoms with Crippen molar-refractivity contribution in [2.75, 3.05) is 16.0 Å². The first-order valence-electron chi connectivity index (χ1n) is 11.2. The number of ketones is 1. The average molecular weight is 482 g/mol. The van der Waals surface area contributed by atoms with Crippen LogP contribution >= 0.6 is 0 Å². The number of H-pyrrole nitrogens is 1. The number of hydrogen-bond donors (Lipinski definition) is 4. The Balaban J connectivity index is 1.35. The molecule has 0 fully saturated rings. The lowest BCUT2D eigenvalue weighted by atomic mass is 9.99. The van der Waals surface area contributed by atoms with Crippen LogP contribution in [0.5, 0.6) is 0 Å². The van der Waals surface area contributed by atoms with Crippen LogP contribution < -0.4 is 16.0 Å². The van der Waals surface area contributed by atoms with E-state index >= 15 is 0 Å². The first-order chi connectivity index (χ1) is 17.3. The topological polar surface area (TPSA) is 134 Å². The monoisotopic (exact) mass is 481 g/mol. The Hall–Kier alpha value is -4.99. The molecule has 1 aliphatic heterocycles. The molecular formula is C26H23N7O3. The van der Waals surface area contributed by atoms with Crippen molar-refractivity contribution in [3.05, 3.63) is 94.6 Å². The molecule has 0 bridgehead atoms. The predicted molar refractivity (Wildman–Crippen MR) is 136 cm³/mol. The van der Waals surface area contributed by atoms with E-state index in [2.05, 4.69) is 31.2 Å². The maximum Gasteiger partial charge on any atom is 0.273 e. The quantitative estimate of drug-likeness (QED) is 0.245. The fraction of sp³-hybridized carbons (Fsp3) is 0.115. The van der Waals surface area contributed by atoms with Crippen LogP contribution in [0.1, 0.15) is 43.4 Å². The van der Waals surface area contributed by atoms with Crippen molar-refractivity contribution in [1.29, 1.82) is 0 Å². The van der Waals surface area contributed by atoms with E-state index in [9.17, 15) is 14.4 Å². The highest BCUT2D eigenvalue weighted by atomic mass is 16.2. The molecule has 2 aromatic carbocycles. The molecular weight excluding hydrogens is 458 g/mol. The first kappa shape index (κ1) is 22.8. The van der Waals surface area contributed by atoms with Crippen LogP contribution in [0, 0.1) is 13.8 Å². The number of aromatic amines is 1. The third kappa shape index (κ3) is 4.39. The summed E-state index contributed by atoms with van der Waals surface area (Å²) >= 11 is 0. The van der Waals surface area contributed by atoms with Gasteiger partial charge < -0.3 is 16.0 Å². The number of benzene rings is 2. The van der Waals surface area contributed by atoms with Crippen LogP contribution in [0.25, 0.3) is 5.57 Å². The summed E-state index contributed by atoms with van der Waals surface area (Å²) in [7, 11) is 1.70. The fourth-order valence-corrected chi connectivity index (χ4v) is 4.04. The Morgan fingerprint density at radius 1 is 1.03 bits per heavy atom. The van der Waals surface area contributed by atoms with E-state index in [4.69, 9.17) is 0 Å². The number of anilines is 3. The molecule has 2 amide bonds. The van der Waals surface area contributed by atoms with Crippen molar-refractivity contribution in [3.8, 4) is 0 Å². The SMILES string of the molecule is Cc1cc(C(=O)Nc2cccc(C(=O)c3ccc4c(c3)NC(=O)C4=CNc3cc(C)[nH]n3)c2)n(C)n1. The molecule has 0 spiro atoms. The second-order valence-corrected chi connectivity index (χ2v) is 8.51. The van der Waals surface area contributed by atoms with Crippen molar-refractivity contribution in [3.63, 3.8) is 0 Å². The highest BCUT2D eigenvalue weighted by molar-refractivity contribution is 6.32. The van der Waals surface area contributed by atoms with Crippen molar-refractivity contribution in [2.45, 2.75) is 13.8 Å².